The van der Waals surface area contributed by atoms with Gasteiger partial charge in [0.2, 0.25) is 0 Å². The fourth-order valence-corrected chi connectivity index (χ4v) is 3.91. The Labute approximate surface area is 172 Å². The zero-order valence-corrected chi connectivity index (χ0v) is 16.2. The van der Waals surface area contributed by atoms with Gasteiger partial charge in [-0.1, -0.05) is 6.07 Å². The molecule has 1 aliphatic carbocycles. The number of hydrogen-bond donors (Lipinski definition) is 2. The van der Waals surface area contributed by atoms with E-state index in [1.807, 2.05) is 10.9 Å². The molecule has 2 N–H and O–H groups in total. The van der Waals surface area contributed by atoms with E-state index >= 15 is 0 Å². The lowest BCUT2D eigenvalue weighted by atomic mass is 9.93. The van der Waals surface area contributed by atoms with Gasteiger partial charge in [0.25, 0.3) is 0 Å². The molecule has 1 fully saturated rings. The Balaban J connectivity index is 1.38. The van der Waals surface area contributed by atoms with E-state index in [0.717, 1.165) is 47.9 Å². The van der Waals surface area contributed by atoms with E-state index in [9.17, 15) is 9.50 Å². The molecule has 0 radical (unpaired) electrons. The van der Waals surface area contributed by atoms with Gasteiger partial charge >= 0.3 is 0 Å². The van der Waals surface area contributed by atoms with Crippen LogP contribution in [0.5, 0.6) is 0 Å². The summed E-state index contributed by atoms with van der Waals surface area (Å²) < 4.78 is 16.4. The van der Waals surface area contributed by atoms with Crippen LogP contribution >= 0.6 is 0 Å². The first kappa shape index (κ1) is 18.6. The van der Waals surface area contributed by atoms with Crippen molar-refractivity contribution in [3.05, 3.63) is 61.2 Å². The van der Waals surface area contributed by atoms with E-state index in [2.05, 4.69) is 25.3 Å². The van der Waals surface area contributed by atoms with Crippen molar-refractivity contribution in [2.45, 2.75) is 37.8 Å². The topological polar surface area (TPSA) is 92.5 Å². The van der Waals surface area contributed by atoms with Gasteiger partial charge in [0.1, 0.15) is 5.82 Å². The maximum Gasteiger partial charge on any atom is 0.162 e. The van der Waals surface area contributed by atoms with Crippen molar-refractivity contribution in [3.63, 3.8) is 0 Å². The molecule has 0 amide bonds. The summed E-state index contributed by atoms with van der Waals surface area (Å²) >= 11 is 0. The third kappa shape index (κ3) is 3.61. The van der Waals surface area contributed by atoms with E-state index in [4.69, 9.17) is 0 Å². The third-order valence-corrected chi connectivity index (χ3v) is 5.67. The number of hydrogen-bond acceptors (Lipinski definition) is 5. The molecule has 7 nitrogen and oxygen atoms in total. The lowest BCUT2D eigenvalue weighted by Gasteiger charge is -2.25. The summed E-state index contributed by atoms with van der Waals surface area (Å²) in [7, 11) is 0. The van der Waals surface area contributed by atoms with Gasteiger partial charge in [-0.25, -0.2) is 14.4 Å². The molecular formula is C22H21FN6O. The second kappa shape index (κ2) is 7.79. The number of rotatable bonds is 4. The Morgan fingerprint density at radius 2 is 1.73 bits per heavy atom. The average Bonchev–Trinajstić information content (AvgIpc) is 3.48. The van der Waals surface area contributed by atoms with E-state index in [-0.39, 0.29) is 11.9 Å². The first-order chi connectivity index (χ1) is 14.7. The number of halogens is 1. The Morgan fingerprint density at radius 3 is 2.47 bits per heavy atom. The number of nitrogens with one attached hydrogen (secondary N) is 1. The van der Waals surface area contributed by atoms with Crippen molar-refractivity contribution in [1.29, 1.82) is 0 Å². The van der Waals surface area contributed by atoms with Gasteiger partial charge in [-0.2, -0.15) is 10.2 Å². The number of benzene rings is 1. The van der Waals surface area contributed by atoms with E-state index < -0.39 is 0 Å². The standard InChI is InChI=1S/C22H21FN6O/c23-21-6-1-14(16-10-26-27-11-16)7-20(21)22-24-8-15(9-25-22)17-12-28-29(13-17)18-2-4-19(30)5-3-18/h1,6-13,18-19,30H,2-5H2,(H,26,27). The Kier molecular flexibility index (Phi) is 4.84. The number of aromatic amines is 1. The predicted molar refractivity (Wildman–Crippen MR) is 110 cm³/mol. The molecule has 3 aromatic heterocycles. The minimum absolute atomic E-state index is 0.190. The second-order valence-electron chi connectivity index (χ2n) is 7.65. The number of H-pyrrole nitrogens is 1. The molecule has 4 aromatic rings. The lowest BCUT2D eigenvalue weighted by Crippen LogP contribution is -2.21. The molecule has 0 unspecified atom stereocenters. The van der Waals surface area contributed by atoms with Crippen molar-refractivity contribution in [1.82, 2.24) is 29.9 Å². The predicted octanol–water partition coefficient (Wildman–Crippen LogP) is 4.01. The van der Waals surface area contributed by atoms with Crippen LogP contribution in [0.25, 0.3) is 33.6 Å². The summed E-state index contributed by atoms with van der Waals surface area (Å²) in [6, 6.07) is 5.16. The van der Waals surface area contributed by atoms with Gasteiger partial charge in [-0.3, -0.25) is 9.78 Å². The van der Waals surface area contributed by atoms with Gasteiger partial charge in [0.15, 0.2) is 5.82 Å². The number of nitrogens with zero attached hydrogens (tertiary/aromatic N) is 5. The molecule has 30 heavy (non-hydrogen) atoms. The quantitative estimate of drug-likeness (QED) is 0.536. The van der Waals surface area contributed by atoms with Gasteiger partial charge < -0.3 is 5.11 Å². The summed E-state index contributed by atoms with van der Waals surface area (Å²) in [6.07, 6.45) is 13.9. The molecule has 0 saturated heterocycles. The summed E-state index contributed by atoms with van der Waals surface area (Å²) in [6.45, 7) is 0. The van der Waals surface area contributed by atoms with E-state index in [0.29, 0.717) is 17.4 Å². The summed E-state index contributed by atoms with van der Waals surface area (Å²) in [5.41, 5.74) is 3.80. The molecule has 152 valence electrons. The van der Waals surface area contributed by atoms with Crippen LogP contribution in [0.2, 0.25) is 0 Å². The van der Waals surface area contributed by atoms with Gasteiger partial charge in [-0.15, -0.1) is 0 Å². The average molecular weight is 404 g/mol. The highest BCUT2D eigenvalue weighted by Gasteiger charge is 2.21. The van der Waals surface area contributed by atoms with Crippen LogP contribution in [0.3, 0.4) is 0 Å². The summed E-state index contributed by atoms with van der Waals surface area (Å²) in [5.74, 6) is -0.0439. The van der Waals surface area contributed by atoms with Crippen LogP contribution in [-0.2, 0) is 0 Å². The van der Waals surface area contributed by atoms with Gasteiger partial charge in [0, 0.05) is 41.5 Å². The Bertz CT molecular complexity index is 1130. The minimum Gasteiger partial charge on any atom is -0.393 e. The molecule has 0 atom stereocenters. The minimum atomic E-state index is -0.373. The monoisotopic (exact) mass is 404 g/mol. The SMILES string of the molecule is OC1CCC(n2cc(-c3cnc(-c4cc(-c5cn[nH]c5)ccc4F)nc3)cn2)CC1. The van der Waals surface area contributed by atoms with Crippen LogP contribution in [0.15, 0.2) is 55.4 Å². The molecular weight excluding hydrogens is 383 g/mol. The van der Waals surface area contributed by atoms with Crippen LogP contribution in [-0.4, -0.2) is 41.2 Å². The molecule has 1 aromatic carbocycles. The Morgan fingerprint density at radius 1 is 0.933 bits per heavy atom. The zero-order chi connectivity index (χ0) is 20.5. The molecule has 1 aliphatic rings. The largest absolute Gasteiger partial charge is 0.393 e. The van der Waals surface area contributed by atoms with Crippen LogP contribution in [0, 0.1) is 5.82 Å². The van der Waals surface area contributed by atoms with E-state index in [1.165, 1.54) is 6.07 Å². The molecule has 1 saturated carbocycles. The highest BCUT2D eigenvalue weighted by Crippen LogP contribution is 2.30. The molecule has 0 aliphatic heterocycles. The maximum absolute atomic E-state index is 14.4. The number of aliphatic hydroxyl groups is 1. The summed E-state index contributed by atoms with van der Waals surface area (Å²) in [4.78, 5) is 8.79. The smallest absolute Gasteiger partial charge is 0.162 e. The van der Waals surface area contributed by atoms with Gasteiger partial charge in [-0.05, 0) is 43.4 Å². The van der Waals surface area contributed by atoms with Crippen LogP contribution < -0.4 is 0 Å². The lowest BCUT2D eigenvalue weighted by molar-refractivity contribution is 0.108. The molecule has 8 heteroatoms. The third-order valence-electron chi connectivity index (χ3n) is 5.67. The molecule has 0 spiro atoms. The van der Waals surface area contributed by atoms with Crippen molar-refractivity contribution in [3.8, 4) is 33.6 Å². The van der Waals surface area contributed by atoms with Crippen molar-refractivity contribution in [2.24, 2.45) is 0 Å². The first-order valence-electron chi connectivity index (χ1n) is 10.0. The molecule has 3 heterocycles. The zero-order valence-electron chi connectivity index (χ0n) is 16.2. The van der Waals surface area contributed by atoms with Gasteiger partial charge in [0.05, 0.1) is 30.1 Å². The molecule has 0 bridgehead atoms. The second-order valence-corrected chi connectivity index (χ2v) is 7.65. The summed E-state index contributed by atoms with van der Waals surface area (Å²) in [5, 5.41) is 20.9. The van der Waals surface area contributed by atoms with E-state index in [1.54, 1.807) is 43.1 Å². The normalized spacial score (nSPS) is 19.1. The van der Waals surface area contributed by atoms with Crippen molar-refractivity contribution >= 4 is 0 Å². The fourth-order valence-electron chi connectivity index (χ4n) is 3.91. The number of aliphatic hydroxyl groups excluding tert-OH is 1. The number of aromatic nitrogens is 6. The van der Waals surface area contributed by atoms with Crippen molar-refractivity contribution < 1.29 is 9.50 Å². The van der Waals surface area contributed by atoms with Crippen LogP contribution in [0.1, 0.15) is 31.7 Å². The van der Waals surface area contributed by atoms with Crippen LogP contribution in [0.4, 0.5) is 4.39 Å². The first-order valence-corrected chi connectivity index (χ1v) is 10.0. The highest BCUT2D eigenvalue weighted by atomic mass is 19.1. The van der Waals surface area contributed by atoms with Crippen molar-refractivity contribution in [2.75, 3.05) is 0 Å². The maximum atomic E-state index is 14.4. The Hall–Kier alpha value is -3.39. The fraction of sp³-hybridized carbons (Fsp3) is 0.273. The highest BCUT2D eigenvalue weighted by molar-refractivity contribution is 5.70. The molecule has 5 rings (SSSR count).